The van der Waals surface area contributed by atoms with Crippen LogP contribution in [-0.2, 0) is 6.54 Å². The smallest absolute Gasteiger partial charge is 0.317 e. The Morgan fingerprint density at radius 3 is 2.89 bits per heavy atom. The summed E-state index contributed by atoms with van der Waals surface area (Å²) in [5.74, 6) is -2.56. The van der Waals surface area contributed by atoms with Gasteiger partial charge in [-0.3, -0.25) is 0 Å². The molecule has 1 atom stereocenters. The summed E-state index contributed by atoms with van der Waals surface area (Å²) in [5.41, 5.74) is 8.56. The van der Waals surface area contributed by atoms with Gasteiger partial charge in [0.15, 0.2) is 5.65 Å². The quantitative estimate of drug-likeness (QED) is 0.837. The highest BCUT2D eigenvalue weighted by Gasteiger charge is 2.37. The fourth-order valence-electron chi connectivity index (χ4n) is 4.05. The van der Waals surface area contributed by atoms with Gasteiger partial charge in [-0.1, -0.05) is 0 Å². The van der Waals surface area contributed by atoms with Gasteiger partial charge in [0.05, 0.1) is 24.1 Å². The molecule has 0 radical (unpaired) electrons. The van der Waals surface area contributed by atoms with Crippen LogP contribution in [0, 0.1) is 5.92 Å². The van der Waals surface area contributed by atoms with Crippen molar-refractivity contribution in [3.05, 3.63) is 29.7 Å². The number of nitrogens with zero attached hydrogens (tertiary/aromatic N) is 4. The summed E-state index contributed by atoms with van der Waals surface area (Å²) in [7, 11) is 0. The Labute approximate surface area is 162 Å². The summed E-state index contributed by atoms with van der Waals surface area (Å²) in [6, 6.07) is 1.46. The summed E-state index contributed by atoms with van der Waals surface area (Å²) in [6.07, 6.45) is 6.04. The lowest BCUT2D eigenvalue weighted by molar-refractivity contribution is -0.0484. The molecular formula is C19H26F2N6O. The van der Waals surface area contributed by atoms with Gasteiger partial charge in [-0.15, -0.1) is 0 Å². The van der Waals surface area contributed by atoms with Crippen LogP contribution in [0.15, 0.2) is 18.5 Å². The molecule has 1 aliphatic carbocycles. The summed E-state index contributed by atoms with van der Waals surface area (Å²) < 4.78 is 28.4. The van der Waals surface area contributed by atoms with Crippen LogP contribution in [0.4, 0.5) is 13.6 Å². The van der Waals surface area contributed by atoms with E-state index >= 15 is 0 Å². The lowest BCUT2D eigenvalue weighted by Crippen LogP contribution is -2.37. The minimum atomic E-state index is -2.56. The van der Waals surface area contributed by atoms with Gasteiger partial charge in [-0.05, 0) is 43.2 Å². The molecule has 0 unspecified atom stereocenters. The number of carbonyl (C=O) groups is 1. The number of amides is 2. The lowest BCUT2D eigenvalue weighted by Gasteiger charge is -2.31. The number of aromatic nitrogens is 3. The number of nitrogens with two attached hydrogens (primary N) is 1. The standard InChI is InChI=1S/C19H26F2N6O/c20-19(21)5-3-14(4-6-19)17(22)15-12-27-16(25-15)9-13(10-24-27)11-26-8-2-1-7-23-18(26)28/h9-10,12,14,17H,1-8,11,22H2,(H,23,28)/t17-/m0/s1. The number of urea groups is 1. The number of rotatable bonds is 4. The maximum Gasteiger partial charge on any atom is 0.317 e. The van der Waals surface area contributed by atoms with Crippen molar-refractivity contribution in [1.82, 2.24) is 24.8 Å². The average Bonchev–Trinajstić information content (AvgIpc) is 2.99. The van der Waals surface area contributed by atoms with Crippen molar-refractivity contribution in [2.24, 2.45) is 11.7 Å². The molecule has 2 aliphatic rings. The Kier molecular flexibility index (Phi) is 5.18. The molecule has 28 heavy (non-hydrogen) atoms. The molecule has 2 aromatic heterocycles. The molecule has 0 bridgehead atoms. The van der Waals surface area contributed by atoms with Crippen LogP contribution in [0.3, 0.4) is 0 Å². The molecule has 2 fully saturated rings. The number of imidazole rings is 1. The number of halogens is 2. The molecule has 152 valence electrons. The van der Waals surface area contributed by atoms with E-state index < -0.39 is 5.92 Å². The highest BCUT2D eigenvalue weighted by molar-refractivity contribution is 5.74. The van der Waals surface area contributed by atoms with Gasteiger partial charge < -0.3 is 16.0 Å². The predicted molar refractivity (Wildman–Crippen MR) is 99.9 cm³/mol. The second-order valence-corrected chi connectivity index (χ2v) is 7.91. The van der Waals surface area contributed by atoms with Gasteiger partial charge in [-0.2, -0.15) is 5.10 Å². The van der Waals surface area contributed by atoms with E-state index in [-0.39, 0.29) is 30.8 Å². The normalized spacial score (nSPS) is 22.1. The molecule has 4 rings (SSSR count). The molecule has 2 aromatic rings. The van der Waals surface area contributed by atoms with E-state index in [1.54, 1.807) is 21.8 Å². The van der Waals surface area contributed by atoms with E-state index in [1.807, 2.05) is 6.07 Å². The first-order chi connectivity index (χ1) is 13.4. The monoisotopic (exact) mass is 392 g/mol. The first-order valence-corrected chi connectivity index (χ1v) is 9.92. The SMILES string of the molecule is N[C@H](c1cn2ncc(CN3CCCCNC3=O)cc2n1)C1CCC(F)(F)CC1. The van der Waals surface area contributed by atoms with Crippen LogP contribution in [0.25, 0.3) is 5.65 Å². The van der Waals surface area contributed by atoms with E-state index in [4.69, 9.17) is 5.73 Å². The molecule has 1 saturated heterocycles. The summed E-state index contributed by atoms with van der Waals surface area (Å²) in [4.78, 5) is 18.5. The average molecular weight is 392 g/mol. The number of hydrogen-bond acceptors (Lipinski definition) is 4. The zero-order chi connectivity index (χ0) is 19.7. The van der Waals surface area contributed by atoms with Gasteiger partial charge >= 0.3 is 6.03 Å². The third-order valence-electron chi connectivity index (χ3n) is 5.80. The first-order valence-electron chi connectivity index (χ1n) is 9.92. The minimum absolute atomic E-state index is 0.00445. The van der Waals surface area contributed by atoms with E-state index in [9.17, 15) is 13.6 Å². The highest BCUT2D eigenvalue weighted by atomic mass is 19.3. The number of nitrogens with one attached hydrogen (secondary N) is 1. The Balaban J connectivity index is 1.48. The number of carbonyl (C=O) groups excluding carboxylic acids is 1. The summed E-state index contributed by atoms with van der Waals surface area (Å²) >= 11 is 0. The van der Waals surface area contributed by atoms with Crippen molar-refractivity contribution in [3.63, 3.8) is 0 Å². The summed E-state index contributed by atoms with van der Waals surface area (Å²) in [6.45, 7) is 1.90. The van der Waals surface area contributed by atoms with Gasteiger partial charge in [0.25, 0.3) is 0 Å². The van der Waals surface area contributed by atoms with Crippen molar-refractivity contribution >= 4 is 11.7 Å². The molecule has 1 aliphatic heterocycles. The van der Waals surface area contributed by atoms with E-state index in [0.717, 1.165) is 18.4 Å². The first kappa shape index (κ1) is 19.0. The summed E-state index contributed by atoms with van der Waals surface area (Å²) in [5, 5.41) is 7.28. The second-order valence-electron chi connectivity index (χ2n) is 7.91. The van der Waals surface area contributed by atoms with Crippen LogP contribution in [0.1, 0.15) is 55.8 Å². The zero-order valence-electron chi connectivity index (χ0n) is 15.8. The minimum Gasteiger partial charge on any atom is -0.338 e. The maximum absolute atomic E-state index is 13.4. The van der Waals surface area contributed by atoms with Crippen molar-refractivity contribution in [2.45, 2.75) is 57.0 Å². The largest absolute Gasteiger partial charge is 0.338 e. The fraction of sp³-hybridized carbons (Fsp3) is 0.632. The van der Waals surface area contributed by atoms with Crippen LogP contribution in [0.5, 0.6) is 0 Å². The Hall–Kier alpha value is -2.29. The van der Waals surface area contributed by atoms with Gasteiger partial charge in [-0.25, -0.2) is 23.1 Å². The second kappa shape index (κ2) is 7.62. The van der Waals surface area contributed by atoms with Crippen molar-refractivity contribution in [1.29, 1.82) is 0 Å². The van der Waals surface area contributed by atoms with E-state index in [0.29, 0.717) is 43.8 Å². The topological polar surface area (TPSA) is 88.5 Å². The third-order valence-corrected chi connectivity index (χ3v) is 5.80. The van der Waals surface area contributed by atoms with Crippen molar-refractivity contribution in [2.75, 3.05) is 13.1 Å². The molecule has 9 heteroatoms. The Bertz CT molecular complexity index is 844. The molecule has 3 heterocycles. The zero-order valence-corrected chi connectivity index (χ0v) is 15.8. The Morgan fingerprint density at radius 1 is 1.32 bits per heavy atom. The molecule has 1 saturated carbocycles. The van der Waals surface area contributed by atoms with E-state index in [2.05, 4.69) is 15.4 Å². The van der Waals surface area contributed by atoms with Crippen LogP contribution in [-0.4, -0.2) is 44.5 Å². The van der Waals surface area contributed by atoms with Crippen molar-refractivity contribution < 1.29 is 13.6 Å². The number of fused-ring (bicyclic) bond motifs is 1. The van der Waals surface area contributed by atoms with Crippen LogP contribution in [0.2, 0.25) is 0 Å². The lowest BCUT2D eigenvalue weighted by atomic mass is 9.81. The van der Waals surface area contributed by atoms with Gasteiger partial charge in [0, 0.05) is 32.5 Å². The van der Waals surface area contributed by atoms with Crippen LogP contribution >= 0.6 is 0 Å². The predicted octanol–water partition coefficient (Wildman–Crippen LogP) is 2.86. The Morgan fingerprint density at radius 2 is 2.11 bits per heavy atom. The van der Waals surface area contributed by atoms with Gasteiger partial charge in [0.1, 0.15) is 0 Å². The van der Waals surface area contributed by atoms with Crippen LogP contribution < -0.4 is 11.1 Å². The number of hydrogen-bond donors (Lipinski definition) is 2. The molecular weight excluding hydrogens is 366 g/mol. The molecule has 0 aromatic carbocycles. The highest BCUT2D eigenvalue weighted by Crippen LogP contribution is 2.40. The molecule has 7 nitrogen and oxygen atoms in total. The number of alkyl halides is 2. The molecule has 2 amide bonds. The van der Waals surface area contributed by atoms with E-state index in [1.165, 1.54) is 0 Å². The molecule has 3 N–H and O–H groups in total. The fourth-order valence-corrected chi connectivity index (χ4v) is 4.05. The third kappa shape index (κ3) is 4.09. The van der Waals surface area contributed by atoms with Gasteiger partial charge in [0.2, 0.25) is 5.92 Å². The maximum atomic E-state index is 13.4. The van der Waals surface area contributed by atoms with Crippen molar-refractivity contribution in [3.8, 4) is 0 Å². The molecule has 0 spiro atoms.